The maximum absolute atomic E-state index is 11.6. The number of amides is 2. The molecule has 0 unspecified atom stereocenters. The highest BCUT2D eigenvalue weighted by atomic mass is 16.2. The van der Waals surface area contributed by atoms with Crippen molar-refractivity contribution in [2.45, 2.75) is 25.3 Å². The average molecular weight is 181 g/mol. The Morgan fingerprint density at radius 1 is 1.54 bits per heavy atom. The predicted molar refractivity (Wildman–Crippen MR) is 49.0 cm³/mol. The Morgan fingerprint density at radius 2 is 2.15 bits per heavy atom. The lowest BCUT2D eigenvalue weighted by molar-refractivity contribution is 0.169. The van der Waals surface area contributed by atoms with Crippen molar-refractivity contribution in [3.8, 4) is 6.07 Å². The van der Waals surface area contributed by atoms with Crippen LogP contribution in [0.25, 0.3) is 0 Å². The number of hydrogen-bond donors (Lipinski definition) is 0. The van der Waals surface area contributed by atoms with E-state index < -0.39 is 0 Å². The van der Waals surface area contributed by atoms with Crippen LogP contribution in [0, 0.1) is 11.3 Å². The molecule has 1 rings (SSSR count). The second-order valence-electron chi connectivity index (χ2n) is 3.51. The van der Waals surface area contributed by atoms with Crippen molar-refractivity contribution in [2.24, 2.45) is 0 Å². The number of urea groups is 1. The molecule has 4 nitrogen and oxygen atoms in total. The van der Waals surface area contributed by atoms with Gasteiger partial charge in [-0.3, -0.25) is 0 Å². The molecule has 4 heteroatoms. The Hall–Kier alpha value is -1.24. The summed E-state index contributed by atoms with van der Waals surface area (Å²) in [5.41, 5.74) is 0. The fraction of sp³-hybridized carbons (Fsp3) is 0.778. The smallest absolute Gasteiger partial charge is 0.319 e. The highest BCUT2D eigenvalue weighted by molar-refractivity contribution is 5.74. The third-order valence-electron chi connectivity index (χ3n) is 2.08. The van der Waals surface area contributed by atoms with Gasteiger partial charge in [-0.15, -0.1) is 0 Å². The first-order chi connectivity index (χ1) is 6.16. The van der Waals surface area contributed by atoms with Crippen LogP contribution < -0.4 is 0 Å². The van der Waals surface area contributed by atoms with Gasteiger partial charge in [0.1, 0.15) is 0 Å². The monoisotopic (exact) mass is 181 g/mol. The second-order valence-corrected chi connectivity index (χ2v) is 3.51. The van der Waals surface area contributed by atoms with Gasteiger partial charge in [0.15, 0.2) is 0 Å². The van der Waals surface area contributed by atoms with E-state index >= 15 is 0 Å². The normalized spacial score (nSPS) is 14.8. The largest absolute Gasteiger partial charge is 0.331 e. The number of rotatable bonds is 3. The summed E-state index contributed by atoms with van der Waals surface area (Å²) in [7, 11) is 3.48. The molecule has 2 amide bonds. The summed E-state index contributed by atoms with van der Waals surface area (Å²) in [5, 5.41) is 8.44. The molecule has 72 valence electrons. The molecule has 1 aliphatic carbocycles. The SMILES string of the molecule is CN(C)C(=O)N(CCC#N)C1CC1. The molecule has 0 saturated heterocycles. The third kappa shape index (κ3) is 2.62. The van der Waals surface area contributed by atoms with Gasteiger partial charge in [0, 0.05) is 26.7 Å². The van der Waals surface area contributed by atoms with Gasteiger partial charge in [0.25, 0.3) is 0 Å². The van der Waals surface area contributed by atoms with E-state index in [0.29, 0.717) is 19.0 Å². The Labute approximate surface area is 78.7 Å². The number of nitriles is 1. The van der Waals surface area contributed by atoms with Crippen LogP contribution in [-0.4, -0.2) is 42.5 Å². The fourth-order valence-electron chi connectivity index (χ4n) is 1.25. The van der Waals surface area contributed by atoms with Crippen LogP contribution in [-0.2, 0) is 0 Å². The van der Waals surface area contributed by atoms with E-state index in [1.165, 1.54) is 0 Å². The molecule has 0 heterocycles. The van der Waals surface area contributed by atoms with E-state index in [4.69, 9.17) is 5.26 Å². The predicted octanol–water partition coefficient (Wildman–Crippen LogP) is 1.05. The van der Waals surface area contributed by atoms with Crippen LogP contribution in [0.1, 0.15) is 19.3 Å². The molecule has 0 aromatic heterocycles. The van der Waals surface area contributed by atoms with Gasteiger partial charge in [0.05, 0.1) is 12.5 Å². The van der Waals surface area contributed by atoms with Crippen LogP contribution >= 0.6 is 0 Å². The maximum atomic E-state index is 11.6. The summed E-state index contributed by atoms with van der Waals surface area (Å²) in [5.74, 6) is 0. The van der Waals surface area contributed by atoms with E-state index in [9.17, 15) is 4.79 Å². The molecular weight excluding hydrogens is 166 g/mol. The van der Waals surface area contributed by atoms with Crippen molar-refractivity contribution < 1.29 is 4.79 Å². The van der Waals surface area contributed by atoms with Crippen molar-refractivity contribution in [3.05, 3.63) is 0 Å². The Balaban J connectivity index is 2.47. The van der Waals surface area contributed by atoms with Crippen molar-refractivity contribution in [2.75, 3.05) is 20.6 Å². The zero-order chi connectivity index (χ0) is 9.84. The topological polar surface area (TPSA) is 47.3 Å². The van der Waals surface area contributed by atoms with Gasteiger partial charge >= 0.3 is 6.03 Å². The zero-order valence-corrected chi connectivity index (χ0v) is 8.16. The molecule has 0 bridgehead atoms. The van der Waals surface area contributed by atoms with Gasteiger partial charge < -0.3 is 9.80 Å². The van der Waals surface area contributed by atoms with Gasteiger partial charge in [-0.1, -0.05) is 0 Å². The molecule has 0 atom stereocenters. The van der Waals surface area contributed by atoms with E-state index in [1.807, 2.05) is 0 Å². The first kappa shape index (κ1) is 9.85. The number of nitrogens with zero attached hydrogens (tertiary/aromatic N) is 3. The van der Waals surface area contributed by atoms with Crippen LogP contribution in [0.2, 0.25) is 0 Å². The fourth-order valence-corrected chi connectivity index (χ4v) is 1.25. The Morgan fingerprint density at radius 3 is 2.54 bits per heavy atom. The number of hydrogen-bond acceptors (Lipinski definition) is 2. The molecule has 13 heavy (non-hydrogen) atoms. The van der Waals surface area contributed by atoms with E-state index in [2.05, 4.69) is 6.07 Å². The maximum Gasteiger partial charge on any atom is 0.319 e. The molecule has 1 aliphatic rings. The lowest BCUT2D eigenvalue weighted by Crippen LogP contribution is -2.41. The summed E-state index contributed by atoms with van der Waals surface area (Å²) in [6, 6.07) is 2.48. The molecule has 1 fully saturated rings. The highest BCUT2D eigenvalue weighted by Gasteiger charge is 2.32. The third-order valence-corrected chi connectivity index (χ3v) is 2.08. The lowest BCUT2D eigenvalue weighted by Gasteiger charge is -2.24. The Kier molecular flexibility index (Phi) is 3.13. The van der Waals surface area contributed by atoms with E-state index in [0.717, 1.165) is 12.8 Å². The molecule has 0 aromatic carbocycles. The van der Waals surface area contributed by atoms with Crippen LogP contribution in [0.5, 0.6) is 0 Å². The zero-order valence-electron chi connectivity index (χ0n) is 8.16. The van der Waals surface area contributed by atoms with Crippen LogP contribution in [0.4, 0.5) is 4.79 Å². The molecule has 0 aliphatic heterocycles. The highest BCUT2D eigenvalue weighted by Crippen LogP contribution is 2.27. The molecule has 0 aromatic rings. The molecular formula is C9H15N3O. The Bertz CT molecular complexity index is 228. The van der Waals surface area contributed by atoms with Crippen LogP contribution in [0.3, 0.4) is 0 Å². The van der Waals surface area contributed by atoms with Crippen molar-refractivity contribution in [1.29, 1.82) is 5.26 Å². The number of carbonyl (C=O) groups excluding carboxylic acids is 1. The van der Waals surface area contributed by atoms with Crippen molar-refractivity contribution in [1.82, 2.24) is 9.80 Å². The minimum absolute atomic E-state index is 0.0257. The summed E-state index contributed by atoms with van der Waals surface area (Å²) in [6.45, 7) is 0.568. The molecule has 0 radical (unpaired) electrons. The standard InChI is InChI=1S/C9H15N3O/c1-11(2)9(13)12(7-3-6-10)8-4-5-8/h8H,3-5,7H2,1-2H3. The van der Waals surface area contributed by atoms with Crippen molar-refractivity contribution in [3.63, 3.8) is 0 Å². The van der Waals surface area contributed by atoms with Gasteiger partial charge in [0.2, 0.25) is 0 Å². The summed E-state index contributed by atoms with van der Waals surface area (Å²) in [6.07, 6.45) is 2.60. The first-order valence-corrected chi connectivity index (χ1v) is 4.51. The quantitative estimate of drug-likeness (QED) is 0.653. The average Bonchev–Trinajstić information content (AvgIpc) is 2.88. The summed E-state index contributed by atoms with van der Waals surface area (Å²) >= 11 is 0. The van der Waals surface area contributed by atoms with Gasteiger partial charge in [-0.05, 0) is 12.8 Å². The molecule has 1 saturated carbocycles. The number of carbonyl (C=O) groups is 1. The second kappa shape index (κ2) is 4.13. The summed E-state index contributed by atoms with van der Waals surface area (Å²) in [4.78, 5) is 14.9. The summed E-state index contributed by atoms with van der Waals surface area (Å²) < 4.78 is 0. The first-order valence-electron chi connectivity index (χ1n) is 4.51. The van der Waals surface area contributed by atoms with E-state index in [-0.39, 0.29) is 6.03 Å². The van der Waals surface area contributed by atoms with Gasteiger partial charge in [-0.25, -0.2) is 4.79 Å². The van der Waals surface area contributed by atoms with Crippen LogP contribution in [0.15, 0.2) is 0 Å². The molecule has 0 N–H and O–H groups in total. The lowest BCUT2D eigenvalue weighted by atomic mass is 10.4. The minimum Gasteiger partial charge on any atom is -0.331 e. The minimum atomic E-state index is 0.0257. The van der Waals surface area contributed by atoms with E-state index in [1.54, 1.807) is 23.9 Å². The molecule has 0 spiro atoms. The van der Waals surface area contributed by atoms with Crippen molar-refractivity contribution >= 4 is 6.03 Å². The van der Waals surface area contributed by atoms with Gasteiger partial charge in [-0.2, -0.15) is 5.26 Å².